The molecular weight excluding hydrogens is 336 g/mol. The third kappa shape index (κ3) is 3.64. The van der Waals surface area contributed by atoms with Crippen molar-refractivity contribution in [2.24, 2.45) is 0 Å². The largest absolute Gasteiger partial charge is 0.270 e. The molecule has 0 amide bonds. The predicted octanol–water partition coefficient (Wildman–Crippen LogP) is 5.23. The van der Waals surface area contributed by atoms with E-state index in [9.17, 15) is 0 Å². The van der Waals surface area contributed by atoms with E-state index in [4.69, 9.17) is 11.6 Å². The van der Waals surface area contributed by atoms with Crippen molar-refractivity contribution in [1.82, 2.24) is 9.78 Å². The number of hydrogen-bond donors (Lipinski definition) is 0. The normalized spacial score (nSPS) is 14.2. The van der Waals surface area contributed by atoms with Gasteiger partial charge in [-0.1, -0.05) is 52.7 Å². The van der Waals surface area contributed by atoms with Gasteiger partial charge in [0.05, 0.1) is 5.69 Å². The van der Waals surface area contributed by atoms with Gasteiger partial charge in [0.1, 0.15) is 0 Å². The van der Waals surface area contributed by atoms with Crippen LogP contribution in [-0.4, -0.2) is 15.1 Å². The van der Waals surface area contributed by atoms with Gasteiger partial charge < -0.3 is 0 Å². The zero-order valence-corrected chi connectivity index (χ0v) is 14.2. The van der Waals surface area contributed by atoms with Gasteiger partial charge >= 0.3 is 0 Å². The van der Waals surface area contributed by atoms with Crippen LogP contribution in [0.15, 0.2) is 36.5 Å². The van der Waals surface area contributed by atoms with Crippen LogP contribution in [0.3, 0.4) is 0 Å². The maximum Gasteiger partial charge on any atom is 0.0631 e. The molecule has 0 aliphatic rings. The summed E-state index contributed by atoms with van der Waals surface area (Å²) in [5, 5.41) is 6.39. The number of halogens is 2. The fourth-order valence-electron chi connectivity index (χ4n) is 2.23. The maximum absolute atomic E-state index is 6.30. The number of alkyl halides is 1. The molecule has 0 aliphatic heterocycles. The van der Waals surface area contributed by atoms with Gasteiger partial charge in [-0.3, -0.25) is 4.68 Å². The first-order chi connectivity index (χ1) is 9.65. The number of rotatable bonds is 6. The van der Waals surface area contributed by atoms with Gasteiger partial charge in [-0.05, 0) is 37.5 Å². The smallest absolute Gasteiger partial charge is 0.0631 e. The van der Waals surface area contributed by atoms with E-state index in [1.165, 1.54) is 5.56 Å². The molecule has 0 spiro atoms. The molecule has 2 aromatic rings. The molecule has 0 fully saturated rings. The van der Waals surface area contributed by atoms with Crippen LogP contribution < -0.4 is 0 Å². The summed E-state index contributed by atoms with van der Waals surface area (Å²) in [7, 11) is 0. The van der Waals surface area contributed by atoms with Gasteiger partial charge in [0.2, 0.25) is 0 Å². The molecule has 0 bridgehead atoms. The Morgan fingerprint density at radius 3 is 2.70 bits per heavy atom. The zero-order chi connectivity index (χ0) is 14.5. The van der Waals surface area contributed by atoms with Crippen LogP contribution in [0.1, 0.15) is 43.5 Å². The van der Waals surface area contributed by atoms with Crippen LogP contribution in [0.2, 0.25) is 5.02 Å². The first kappa shape index (κ1) is 15.6. The minimum atomic E-state index is 0.351. The lowest BCUT2D eigenvalue weighted by Gasteiger charge is -2.15. The SMILES string of the molecule is CCC(C)n1ccc(CC(CBr)c2ccccc2Cl)n1. The second kappa shape index (κ2) is 7.28. The number of aromatic nitrogens is 2. The van der Waals surface area contributed by atoms with Crippen LogP contribution >= 0.6 is 27.5 Å². The molecule has 108 valence electrons. The van der Waals surface area contributed by atoms with E-state index in [0.29, 0.717) is 12.0 Å². The summed E-state index contributed by atoms with van der Waals surface area (Å²) in [4.78, 5) is 0. The molecule has 2 nitrogen and oxygen atoms in total. The van der Waals surface area contributed by atoms with Gasteiger partial charge in [-0.15, -0.1) is 0 Å². The van der Waals surface area contributed by atoms with Gasteiger partial charge in [-0.2, -0.15) is 5.10 Å². The second-order valence-electron chi connectivity index (χ2n) is 5.12. The molecule has 1 heterocycles. The molecule has 0 radical (unpaired) electrons. The van der Waals surface area contributed by atoms with E-state index in [1.54, 1.807) is 0 Å². The Morgan fingerprint density at radius 2 is 2.05 bits per heavy atom. The van der Waals surface area contributed by atoms with Crippen molar-refractivity contribution in [3.05, 3.63) is 52.8 Å². The van der Waals surface area contributed by atoms with Crippen LogP contribution in [0.5, 0.6) is 0 Å². The van der Waals surface area contributed by atoms with Crippen LogP contribution in [-0.2, 0) is 6.42 Å². The molecule has 2 unspecified atom stereocenters. The highest BCUT2D eigenvalue weighted by molar-refractivity contribution is 9.09. The van der Waals surface area contributed by atoms with Crippen molar-refractivity contribution in [2.45, 2.75) is 38.6 Å². The fraction of sp³-hybridized carbons (Fsp3) is 0.438. The lowest BCUT2D eigenvalue weighted by atomic mass is 9.96. The summed E-state index contributed by atoms with van der Waals surface area (Å²) in [5.74, 6) is 0.351. The molecule has 0 N–H and O–H groups in total. The molecule has 2 atom stereocenters. The van der Waals surface area contributed by atoms with E-state index >= 15 is 0 Å². The zero-order valence-electron chi connectivity index (χ0n) is 11.9. The summed E-state index contributed by atoms with van der Waals surface area (Å²) in [6.07, 6.45) is 4.06. The fourth-order valence-corrected chi connectivity index (χ4v) is 3.09. The summed E-state index contributed by atoms with van der Waals surface area (Å²) < 4.78 is 2.05. The van der Waals surface area contributed by atoms with Crippen molar-refractivity contribution < 1.29 is 0 Å². The van der Waals surface area contributed by atoms with E-state index in [1.807, 2.05) is 22.9 Å². The molecular formula is C16H20BrClN2. The summed E-state index contributed by atoms with van der Waals surface area (Å²) in [5.41, 5.74) is 2.30. The lowest BCUT2D eigenvalue weighted by molar-refractivity contribution is 0.472. The Morgan fingerprint density at radius 1 is 1.30 bits per heavy atom. The maximum atomic E-state index is 6.30. The van der Waals surface area contributed by atoms with Crippen LogP contribution in [0.4, 0.5) is 0 Å². The highest BCUT2D eigenvalue weighted by atomic mass is 79.9. The summed E-state index contributed by atoms with van der Waals surface area (Å²) in [6, 6.07) is 10.6. The van der Waals surface area contributed by atoms with Crippen molar-refractivity contribution in [2.75, 3.05) is 5.33 Å². The summed E-state index contributed by atoms with van der Waals surface area (Å²) >= 11 is 9.90. The quantitative estimate of drug-likeness (QED) is 0.649. The van der Waals surface area contributed by atoms with Crippen LogP contribution in [0.25, 0.3) is 0 Å². The average Bonchev–Trinajstić information content (AvgIpc) is 2.93. The standard InChI is InChI=1S/C16H20BrClN2/c1-3-12(2)20-9-8-14(19-20)10-13(11-17)15-6-4-5-7-16(15)18/h4-9,12-13H,3,10-11H2,1-2H3. The highest BCUT2D eigenvalue weighted by Gasteiger charge is 2.16. The van der Waals surface area contributed by atoms with E-state index in [0.717, 1.165) is 28.9 Å². The average molecular weight is 356 g/mol. The van der Waals surface area contributed by atoms with Crippen LogP contribution in [0, 0.1) is 0 Å². The number of benzene rings is 1. The monoisotopic (exact) mass is 354 g/mol. The predicted molar refractivity (Wildman–Crippen MR) is 88.9 cm³/mol. The number of hydrogen-bond acceptors (Lipinski definition) is 1. The van der Waals surface area contributed by atoms with Gasteiger partial charge in [0, 0.05) is 28.5 Å². The second-order valence-corrected chi connectivity index (χ2v) is 6.18. The Hall–Kier alpha value is -0.800. The number of nitrogens with zero attached hydrogens (tertiary/aromatic N) is 2. The van der Waals surface area contributed by atoms with Crippen molar-refractivity contribution in [1.29, 1.82) is 0 Å². The first-order valence-electron chi connectivity index (χ1n) is 7.00. The molecule has 2 rings (SSSR count). The Bertz CT molecular complexity index is 553. The third-order valence-corrected chi connectivity index (χ3v) is 4.82. The molecule has 0 saturated heterocycles. The Kier molecular flexibility index (Phi) is 5.67. The minimum absolute atomic E-state index is 0.351. The van der Waals surface area contributed by atoms with Gasteiger partial charge in [0.15, 0.2) is 0 Å². The first-order valence-corrected chi connectivity index (χ1v) is 8.50. The topological polar surface area (TPSA) is 17.8 Å². The lowest BCUT2D eigenvalue weighted by Crippen LogP contribution is -2.08. The molecule has 1 aromatic carbocycles. The molecule has 0 aliphatic carbocycles. The molecule has 4 heteroatoms. The molecule has 0 saturated carbocycles. The van der Waals surface area contributed by atoms with Gasteiger partial charge in [-0.25, -0.2) is 0 Å². The third-order valence-electron chi connectivity index (χ3n) is 3.69. The Labute approximate surface area is 134 Å². The Balaban J connectivity index is 2.15. The minimum Gasteiger partial charge on any atom is -0.270 e. The van der Waals surface area contributed by atoms with E-state index in [2.05, 4.69) is 53.2 Å². The highest BCUT2D eigenvalue weighted by Crippen LogP contribution is 2.28. The van der Waals surface area contributed by atoms with E-state index in [-0.39, 0.29) is 0 Å². The summed E-state index contributed by atoms with van der Waals surface area (Å²) in [6.45, 7) is 4.36. The molecule has 1 aromatic heterocycles. The van der Waals surface area contributed by atoms with Crippen molar-refractivity contribution in [3.8, 4) is 0 Å². The van der Waals surface area contributed by atoms with Crippen molar-refractivity contribution >= 4 is 27.5 Å². The van der Waals surface area contributed by atoms with E-state index < -0.39 is 0 Å². The molecule has 20 heavy (non-hydrogen) atoms. The van der Waals surface area contributed by atoms with Gasteiger partial charge in [0.25, 0.3) is 0 Å². The van der Waals surface area contributed by atoms with Crippen molar-refractivity contribution in [3.63, 3.8) is 0 Å².